The van der Waals surface area contributed by atoms with Gasteiger partial charge in [0.1, 0.15) is 22.3 Å². The van der Waals surface area contributed by atoms with Crippen molar-refractivity contribution in [2.45, 2.75) is 18.7 Å². The molecule has 6 nitrogen and oxygen atoms in total. The highest BCUT2D eigenvalue weighted by Crippen LogP contribution is 2.43. The van der Waals surface area contributed by atoms with Crippen LogP contribution in [0.15, 0.2) is 59.8 Å². The smallest absolute Gasteiger partial charge is 0.265 e. The van der Waals surface area contributed by atoms with Crippen LogP contribution in [0.3, 0.4) is 0 Å². The summed E-state index contributed by atoms with van der Waals surface area (Å²) in [5.41, 5.74) is -0.617. The first-order chi connectivity index (χ1) is 17.2. The zero-order valence-electron chi connectivity index (χ0n) is 19.1. The van der Waals surface area contributed by atoms with E-state index in [2.05, 4.69) is 9.97 Å². The number of hydrogen-bond acceptors (Lipinski definition) is 6. The number of anilines is 2. The van der Waals surface area contributed by atoms with Crippen LogP contribution in [-0.2, 0) is 10.0 Å². The lowest BCUT2D eigenvalue weighted by molar-refractivity contribution is 0.554. The molecule has 0 aliphatic heterocycles. The normalized spacial score (nSPS) is 11.5. The number of nitrogens with zero attached hydrogens (tertiary/aromatic N) is 3. The third-order valence-corrected chi connectivity index (χ3v) is 7.89. The molecule has 36 heavy (non-hydrogen) atoms. The minimum Gasteiger partial charge on any atom is -0.349 e. The molecular formula is C24H20F4N4O2S2. The monoisotopic (exact) mass is 536 g/mol. The van der Waals surface area contributed by atoms with E-state index in [4.69, 9.17) is 0 Å². The van der Waals surface area contributed by atoms with E-state index in [9.17, 15) is 17.2 Å². The standard InChI is InChI=1S/C24H20F4N4O2S2/c1-3-32(4-2)24-30-22(23(35-24)14-9-11-29-12-10-14)20-17(27)7-8-18(21(20)28)31-36(33,34)19-13-15(25)5-6-16(19)26/h5-13,31H,3-4H2,1-2H3. The van der Waals surface area contributed by atoms with Crippen molar-refractivity contribution < 1.29 is 26.0 Å². The van der Waals surface area contributed by atoms with Gasteiger partial charge in [-0.05, 0) is 61.9 Å². The number of thiazole rings is 1. The van der Waals surface area contributed by atoms with Crippen molar-refractivity contribution in [1.82, 2.24) is 9.97 Å². The number of nitrogens with one attached hydrogen (secondary N) is 1. The van der Waals surface area contributed by atoms with Crippen molar-refractivity contribution in [3.05, 3.63) is 78.1 Å². The minimum atomic E-state index is -4.74. The highest BCUT2D eigenvalue weighted by molar-refractivity contribution is 7.92. The lowest BCUT2D eigenvalue weighted by atomic mass is 10.1. The van der Waals surface area contributed by atoms with Crippen molar-refractivity contribution in [2.24, 2.45) is 0 Å². The highest BCUT2D eigenvalue weighted by Gasteiger charge is 2.27. The van der Waals surface area contributed by atoms with Gasteiger partial charge in [-0.1, -0.05) is 11.3 Å². The topological polar surface area (TPSA) is 75.2 Å². The number of halogens is 4. The third kappa shape index (κ3) is 4.91. The maximum atomic E-state index is 15.7. The van der Waals surface area contributed by atoms with Gasteiger partial charge in [-0.25, -0.2) is 31.0 Å². The molecule has 12 heteroatoms. The van der Waals surface area contributed by atoms with Gasteiger partial charge in [-0.3, -0.25) is 9.71 Å². The summed E-state index contributed by atoms with van der Waals surface area (Å²) < 4.78 is 85.8. The number of aromatic nitrogens is 2. The fourth-order valence-corrected chi connectivity index (χ4v) is 5.89. The second-order valence-corrected chi connectivity index (χ2v) is 10.2. The van der Waals surface area contributed by atoms with E-state index in [0.29, 0.717) is 40.8 Å². The molecule has 4 aromatic rings. The van der Waals surface area contributed by atoms with E-state index in [1.165, 1.54) is 23.7 Å². The fraction of sp³-hybridized carbons (Fsp3) is 0.167. The van der Waals surface area contributed by atoms with Crippen molar-refractivity contribution in [1.29, 1.82) is 0 Å². The van der Waals surface area contributed by atoms with Gasteiger partial charge in [0.25, 0.3) is 10.0 Å². The third-order valence-electron chi connectivity index (χ3n) is 5.35. The van der Waals surface area contributed by atoms with Crippen LogP contribution in [-0.4, -0.2) is 31.5 Å². The van der Waals surface area contributed by atoms with E-state index in [-0.39, 0.29) is 5.69 Å². The molecule has 0 unspecified atom stereocenters. The van der Waals surface area contributed by atoms with Gasteiger partial charge in [0.05, 0.1) is 21.8 Å². The molecule has 0 bridgehead atoms. The van der Waals surface area contributed by atoms with Gasteiger partial charge in [0, 0.05) is 25.5 Å². The lowest BCUT2D eigenvalue weighted by Crippen LogP contribution is -2.21. The molecule has 188 valence electrons. The molecule has 1 N–H and O–H groups in total. The Morgan fingerprint density at radius 2 is 1.61 bits per heavy atom. The molecule has 0 saturated heterocycles. The van der Waals surface area contributed by atoms with Crippen LogP contribution < -0.4 is 9.62 Å². The first-order valence-electron chi connectivity index (χ1n) is 10.8. The number of sulfonamides is 1. The van der Waals surface area contributed by atoms with Crippen molar-refractivity contribution >= 4 is 32.2 Å². The van der Waals surface area contributed by atoms with E-state index in [0.717, 1.165) is 18.2 Å². The van der Waals surface area contributed by atoms with E-state index in [1.807, 2.05) is 23.5 Å². The van der Waals surface area contributed by atoms with Crippen LogP contribution in [0.1, 0.15) is 13.8 Å². The van der Waals surface area contributed by atoms with Gasteiger partial charge >= 0.3 is 0 Å². The molecule has 0 aliphatic rings. The Morgan fingerprint density at radius 1 is 0.944 bits per heavy atom. The van der Waals surface area contributed by atoms with Gasteiger partial charge in [-0.15, -0.1) is 0 Å². The quantitative estimate of drug-likeness (QED) is 0.277. The van der Waals surface area contributed by atoms with Crippen LogP contribution in [0.2, 0.25) is 0 Å². The summed E-state index contributed by atoms with van der Waals surface area (Å²) in [6, 6.07) is 6.94. The molecule has 0 amide bonds. The molecule has 4 rings (SSSR count). The summed E-state index contributed by atoms with van der Waals surface area (Å²) in [5.74, 6) is -4.44. The van der Waals surface area contributed by atoms with Crippen LogP contribution in [0.25, 0.3) is 21.7 Å². The fourth-order valence-electron chi connectivity index (χ4n) is 3.54. The zero-order valence-corrected chi connectivity index (χ0v) is 20.7. The molecule has 0 saturated carbocycles. The van der Waals surface area contributed by atoms with Gasteiger partial charge in [0.15, 0.2) is 10.9 Å². The summed E-state index contributed by atoms with van der Waals surface area (Å²) in [6.07, 6.45) is 3.06. The SMILES string of the molecule is CCN(CC)c1nc(-c2c(F)ccc(NS(=O)(=O)c3cc(F)ccc3F)c2F)c(-c2ccncc2)s1. The van der Waals surface area contributed by atoms with Crippen LogP contribution in [0.5, 0.6) is 0 Å². The molecule has 0 aliphatic carbocycles. The van der Waals surface area contributed by atoms with Gasteiger partial charge in [-0.2, -0.15) is 0 Å². The van der Waals surface area contributed by atoms with Crippen LogP contribution >= 0.6 is 11.3 Å². The number of pyridine rings is 1. The van der Waals surface area contributed by atoms with Crippen LogP contribution in [0.4, 0.5) is 28.4 Å². The second kappa shape index (κ2) is 10.2. The Kier molecular flexibility index (Phi) is 7.27. The Morgan fingerprint density at radius 3 is 2.28 bits per heavy atom. The largest absolute Gasteiger partial charge is 0.349 e. The van der Waals surface area contributed by atoms with Crippen molar-refractivity contribution in [3.8, 4) is 21.7 Å². The average Bonchev–Trinajstić information content (AvgIpc) is 3.28. The summed E-state index contributed by atoms with van der Waals surface area (Å²) >= 11 is 1.23. The maximum Gasteiger partial charge on any atom is 0.265 e. The van der Waals surface area contributed by atoms with Gasteiger partial charge < -0.3 is 4.90 Å². The van der Waals surface area contributed by atoms with Gasteiger partial charge in [0.2, 0.25) is 0 Å². The molecule has 2 heterocycles. The first-order valence-corrected chi connectivity index (χ1v) is 13.1. The molecule has 0 spiro atoms. The number of hydrogen-bond donors (Lipinski definition) is 1. The van der Waals surface area contributed by atoms with Crippen molar-refractivity contribution in [3.63, 3.8) is 0 Å². The minimum absolute atomic E-state index is 0.0268. The summed E-state index contributed by atoms with van der Waals surface area (Å²) in [7, 11) is -4.74. The number of benzene rings is 2. The van der Waals surface area contributed by atoms with Crippen LogP contribution in [0, 0.1) is 23.3 Å². The zero-order chi connectivity index (χ0) is 26.0. The van der Waals surface area contributed by atoms with Crippen molar-refractivity contribution in [2.75, 3.05) is 22.7 Å². The van der Waals surface area contributed by atoms with E-state index < -0.39 is 49.4 Å². The average molecular weight is 537 g/mol. The Bertz CT molecular complexity index is 1510. The summed E-state index contributed by atoms with van der Waals surface area (Å²) in [5, 5.41) is 0.522. The Balaban J connectivity index is 1.87. The molecule has 2 aromatic carbocycles. The second-order valence-electron chi connectivity index (χ2n) is 7.55. The lowest BCUT2D eigenvalue weighted by Gasteiger charge is -2.16. The molecule has 0 radical (unpaired) electrons. The predicted octanol–water partition coefficient (Wildman–Crippen LogP) is 6.08. The summed E-state index contributed by atoms with van der Waals surface area (Å²) in [4.78, 5) is 9.82. The Hall–Kier alpha value is -3.51. The van der Waals surface area contributed by atoms with E-state index >= 15 is 8.78 Å². The Labute approximate surface area is 209 Å². The van der Waals surface area contributed by atoms with E-state index in [1.54, 1.807) is 12.1 Å². The maximum absolute atomic E-state index is 15.7. The summed E-state index contributed by atoms with van der Waals surface area (Å²) in [6.45, 7) is 5.03. The molecule has 0 fully saturated rings. The molecule has 0 atom stereocenters. The highest BCUT2D eigenvalue weighted by atomic mass is 32.2. The molecule has 2 aromatic heterocycles. The number of rotatable bonds is 8. The predicted molar refractivity (Wildman–Crippen MR) is 131 cm³/mol. The molecular weight excluding hydrogens is 516 g/mol. The first kappa shape index (κ1) is 25.6.